The molecule has 0 spiro atoms. The summed E-state index contributed by atoms with van der Waals surface area (Å²) in [6, 6.07) is 5.79. The fraction of sp³-hybridized carbons (Fsp3) is 0.125. The average Bonchev–Trinajstić information content (AvgIpc) is 1.91. The quantitative estimate of drug-likeness (QED) is 0.403. The van der Waals surface area contributed by atoms with E-state index in [4.69, 9.17) is 0 Å². The first-order chi connectivity index (χ1) is 4.43. The van der Waals surface area contributed by atoms with Gasteiger partial charge in [0.25, 0.3) is 6.20 Å². The summed E-state index contributed by atoms with van der Waals surface area (Å²) < 4.78 is 1.94. The van der Waals surface area contributed by atoms with Crippen molar-refractivity contribution < 1.29 is 4.57 Å². The van der Waals surface area contributed by atoms with Crippen LogP contribution in [0.5, 0.6) is 0 Å². The van der Waals surface area contributed by atoms with E-state index in [0.717, 1.165) is 6.54 Å². The van der Waals surface area contributed by atoms with Crippen LogP contribution in [0.2, 0.25) is 0 Å². The van der Waals surface area contributed by atoms with Gasteiger partial charge in [-0.25, -0.2) is 0 Å². The minimum absolute atomic E-state index is 0.834. The Morgan fingerprint density at radius 3 is 3.00 bits per heavy atom. The number of aromatic nitrogens is 1. The van der Waals surface area contributed by atoms with Gasteiger partial charge in [-0.15, -0.1) is 0 Å². The second-order valence-electron chi connectivity index (χ2n) is 1.77. The first-order valence-corrected chi connectivity index (χ1v) is 2.90. The molecule has 0 amide bonds. The van der Waals surface area contributed by atoms with E-state index >= 15 is 0 Å². The maximum Gasteiger partial charge on any atom is 0.277 e. The van der Waals surface area contributed by atoms with Gasteiger partial charge in [-0.2, -0.15) is 4.57 Å². The summed E-state index contributed by atoms with van der Waals surface area (Å²) in [4.78, 5) is 0. The first kappa shape index (κ1) is 6.02. The van der Waals surface area contributed by atoms with Crippen molar-refractivity contribution in [3.63, 3.8) is 0 Å². The zero-order chi connectivity index (χ0) is 6.53. The van der Waals surface area contributed by atoms with Crippen LogP contribution in [0.3, 0.4) is 0 Å². The van der Waals surface area contributed by atoms with E-state index in [1.165, 1.54) is 0 Å². The monoisotopic (exact) mass is 119 g/mol. The summed E-state index contributed by atoms with van der Waals surface area (Å²) >= 11 is 0. The van der Waals surface area contributed by atoms with Crippen LogP contribution in [-0.2, 0) is 6.54 Å². The molecule has 9 heavy (non-hydrogen) atoms. The molecule has 0 aliphatic heterocycles. The lowest BCUT2D eigenvalue weighted by Crippen LogP contribution is -2.31. The maximum absolute atomic E-state index is 3.62. The largest absolute Gasteiger partial charge is 0.277 e. The maximum atomic E-state index is 3.62. The van der Waals surface area contributed by atoms with Gasteiger partial charge in [0.15, 0.2) is 12.7 Å². The van der Waals surface area contributed by atoms with Crippen molar-refractivity contribution in [2.24, 2.45) is 0 Å². The number of rotatable bonds is 2. The molecule has 1 rings (SSSR count). The van der Waals surface area contributed by atoms with Crippen LogP contribution in [0, 0.1) is 6.20 Å². The fourth-order valence-corrected chi connectivity index (χ4v) is 0.644. The summed E-state index contributed by atoms with van der Waals surface area (Å²) in [5.74, 6) is 0. The summed E-state index contributed by atoms with van der Waals surface area (Å²) in [5.41, 5.74) is 0. The van der Waals surface area contributed by atoms with Crippen LogP contribution in [0.1, 0.15) is 0 Å². The smallest absolute Gasteiger partial charge is 0.189 e. The van der Waals surface area contributed by atoms with E-state index < -0.39 is 0 Å². The average molecular weight is 119 g/mol. The molecule has 1 radical (unpaired) electrons. The second kappa shape index (κ2) is 3.02. The van der Waals surface area contributed by atoms with E-state index in [9.17, 15) is 0 Å². The molecule has 1 nitrogen and oxygen atoms in total. The summed E-state index contributed by atoms with van der Waals surface area (Å²) in [6.07, 6.45) is 6.82. The predicted octanol–water partition coefficient (Wildman–Crippen LogP) is 0.960. The minimum atomic E-state index is 0.834. The molecule has 1 aromatic heterocycles. The third kappa shape index (κ3) is 1.68. The van der Waals surface area contributed by atoms with Gasteiger partial charge in [0, 0.05) is 12.1 Å². The summed E-state index contributed by atoms with van der Waals surface area (Å²) in [5, 5.41) is 0. The number of hydrogen-bond acceptors (Lipinski definition) is 0. The lowest BCUT2D eigenvalue weighted by Gasteiger charge is -1.84. The fourth-order valence-electron chi connectivity index (χ4n) is 0.644. The molecule has 0 fully saturated rings. The highest BCUT2D eigenvalue weighted by atomic mass is 14.9. The van der Waals surface area contributed by atoms with Crippen LogP contribution in [0.15, 0.2) is 37.1 Å². The Kier molecular flexibility index (Phi) is 2.02. The molecule has 0 atom stereocenters. The third-order valence-corrected chi connectivity index (χ3v) is 1.04. The molecule has 1 heteroatoms. The highest BCUT2D eigenvalue weighted by Crippen LogP contribution is 1.74. The highest BCUT2D eigenvalue weighted by Gasteiger charge is 1.90. The van der Waals surface area contributed by atoms with E-state index in [1.54, 1.807) is 0 Å². The van der Waals surface area contributed by atoms with Crippen molar-refractivity contribution in [2.75, 3.05) is 0 Å². The summed E-state index contributed by atoms with van der Waals surface area (Å²) in [6.45, 7) is 4.45. The first-order valence-electron chi connectivity index (χ1n) is 2.90. The van der Waals surface area contributed by atoms with Gasteiger partial charge >= 0.3 is 0 Å². The topological polar surface area (TPSA) is 3.88 Å². The Hall–Kier alpha value is -1.11. The molecule has 0 aromatic carbocycles. The zero-order valence-corrected chi connectivity index (χ0v) is 5.25. The van der Waals surface area contributed by atoms with Gasteiger partial charge in [0.2, 0.25) is 0 Å². The predicted molar refractivity (Wildman–Crippen MR) is 35.7 cm³/mol. The van der Waals surface area contributed by atoms with Gasteiger partial charge in [-0.1, -0.05) is 6.58 Å². The van der Waals surface area contributed by atoms with Gasteiger partial charge in [-0.3, -0.25) is 0 Å². The second-order valence-corrected chi connectivity index (χ2v) is 1.77. The number of allylic oxidation sites excluding steroid dienone is 1. The van der Waals surface area contributed by atoms with Gasteiger partial charge in [0.05, 0.1) is 0 Å². The molecular weight excluding hydrogens is 110 g/mol. The van der Waals surface area contributed by atoms with Crippen molar-refractivity contribution in [1.82, 2.24) is 0 Å². The van der Waals surface area contributed by atoms with Crippen LogP contribution in [0.25, 0.3) is 0 Å². The van der Waals surface area contributed by atoms with Crippen molar-refractivity contribution >= 4 is 0 Å². The van der Waals surface area contributed by atoms with E-state index in [1.807, 2.05) is 35.0 Å². The Balaban J connectivity index is 2.72. The Morgan fingerprint density at radius 1 is 1.56 bits per heavy atom. The number of hydrogen-bond donors (Lipinski definition) is 0. The van der Waals surface area contributed by atoms with Crippen LogP contribution in [0.4, 0.5) is 0 Å². The van der Waals surface area contributed by atoms with E-state index in [-0.39, 0.29) is 0 Å². The minimum Gasteiger partial charge on any atom is -0.189 e. The number of pyridine rings is 1. The summed E-state index contributed by atoms with van der Waals surface area (Å²) in [7, 11) is 0. The van der Waals surface area contributed by atoms with E-state index in [0.29, 0.717) is 0 Å². The molecule has 0 aliphatic carbocycles. The molecule has 0 saturated heterocycles. The Morgan fingerprint density at radius 2 is 2.44 bits per heavy atom. The zero-order valence-electron chi connectivity index (χ0n) is 5.25. The molecule has 1 heterocycles. The SMILES string of the molecule is C=CC[n+]1[c]cccc1. The Bertz CT molecular complexity index is 179. The van der Waals surface area contributed by atoms with Gasteiger partial charge < -0.3 is 0 Å². The highest BCUT2D eigenvalue weighted by molar-refractivity contribution is 4.82. The normalized spacial score (nSPS) is 8.89. The van der Waals surface area contributed by atoms with Crippen molar-refractivity contribution in [1.29, 1.82) is 0 Å². The van der Waals surface area contributed by atoms with Gasteiger partial charge in [-0.05, 0) is 12.1 Å². The van der Waals surface area contributed by atoms with Crippen LogP contribution >= 0.6 is 0 Å². The number of nitrogens with zero attached hydrogens (tertiary/aromatic N) is 1. The third-order valence-electron chi connectivity index (χ3n) is 1.04. The van der Waals surface area contributed by atoms with Gasteiger partial charge in [0.1, 0.15) is 0 Å². The van der Waals surface area contributed by atoms with Crippen molar-refractivity contribution in [2.45, 2.75) is 6.54 Å². The van der Waals surface area contributed by atoms with Crippen molar-refractivity contribution in [3.05, 3.63) is 43.2 Å². The molecule has 0 bridgehead atoms. The molecule has 0 aliphatic rings. The Labute approximate surface area is 55.3 Å². The van der Waals surface area contributed by atoms with Crippen LogP contribution < -0.4 is 4.57 Å². The molecule has 0 unspecified atom stereocenters. The van der Waals surface area contributed by atoms with E-state index in [2.05, 4.69) is 12.8 Å². The molecule has 45 valence electrons. The lowest BCUT2D eigenvalue weighted by molar-refractivity contribution is -0.691. The molecular formula is C8H9N+. The lowest BCUT2D eigenvalue weighted by atomic mass is 10.5. The van der Waals surface area contributed by atoms with Crippen molar-refractivity contribution in [3.8, 4) is 0 Å². The standard InChI is InChI=1S/C8H9N/c1-2-6-9-7-4-3-5-8-9/h2-5,7H,1,6H2/q+1. The molecule has 0 saturated carbocycles. The molecule has 0 N–H and O–H groups in total. The molecule has 1 aromatic rings. The van der Waals surface area contributed by atoms with Crippen LogP contribution in [-0.4, -0.2) is 0 Å².